The van der Waals surface area contributed by atoms with Crippen LogP contribution in [0, 0.1) is 11.2 Å². The molecule has 0 aliphatic heterocycles. The first-order chi connectivity index (χ1) is 7.80. The Bertz CT molecular complexity index is 419. The van der Waals surface area contributed by atoms with Crippen LogP contribution in [-0.4, -0.2) is 0 Å². The summed E-state index contributed by atoms with van der Waals surface area (Å²) in [6, 6.07) is 5.05. The molecule has 1 aliphatic rings. The van der Waals surface area contributed by atoms with E-state index in [1.807, 2.05) is 6.07 Å². The maximum absolute atomic E-state index is 13.1. The Kier molecular flexibility index (Phi) is 3.03. The summed E-state index contributed by atoms with van der Waals surface area (Å²) in [5, 5.41) is 0. The quantitative estimate of drug-likeness (QED) is 0.830. The summed E-state index contributed by atoms with van der Waals surface area (Å²) in [5.41, 5.74) is 8.82. The molecule has 2 heteroatoms. The van der Waals surface area contributed by atoms with Crippen molar-refractivity contribution in [1.82, 2.24) is 0 Å². The average Bonchev–Trinajstić information content (AvgIpc) is 2.53. The highest BCUT2D eigenvalue weighted by molar-refractivity contribution is 5.38. The van der Waals surface area contributed by atoms with E-state index in [-0.39, 0.29) is 11.4 Å². The van der Waals surface area contributed by atoms with Gasteiger partial charge >= 0.3 is 0 Å². The van der Waals surface area contributed by atoms with Gasteiger partial charge in [-0.05, 0) is 54.4 Å². The molecule has 0 amide bonds. The van der Waals surface area contributed by atoms with Crippen molar-refractivity contribution >= 4 is 0 Å². The number of aryl methyl sites for hydroxylation is 1. The summed E-state index contributed by atoms with van der Waals surface area (Å²) in [6.45, 7) is 6.70. The predicted octanol–water partition coefficient (Wildman–Crippen LogP) is 3.75. The Balaban J connectivity index is 2.20. The molecule has 0 radical (unpaired) electrons. The number of fused-ring (bicyclic) bond motifs is 1. The highest BCUT2D eigenvalue weighted by atomic mass is 19.1. The van der Waals surface area contributed by atoms with E-state index in [4.69, 9.17) is 5.73 Å². The third-order valence-electron chi connectivity index (χ3n) is 3.77. The molecular weight excluding hydrogens is 213 g/mol. The number of hydrogen-bond donors (Lipinski definition) is 1. The van der Waals surface area contributed by atoms with E-state index in [0.29, 0.717) is 5.41 Å². The van der Waals surface area contributed by atoms with E-state index in [9.17, 15) is 4.39 Å². The lowest BCUT2D eigenvalue weighted by Crippen LogP contribution is -2.35. The van der Waals surface area contributed by atoms with Crippen molar-refractivity contribution in [2.45, 2.75) is 52.0 Å². The minimum atomic E-state index is -0.240. The van der Waals surface area contributed by atoms with Gasteiger partial charge in [0.05, 0.1) is 0 Å². The van der Waals surface area contributed by atoms with Crippen LogP contribution in [0.3, 0.4) is 0 Å². The molecule has 0 bridgehead atoms. The van der Waals surface area contributed by atoms with Crippen molar-refractivity contribution in [1.29, 1.82) is 0 Å². The first-order valence-electron chi connectivity index (χ1n) is 6.38. The van der Waals surface area contributed by atoms with E-state index in [2.05, 4.69) is 20.8 Å². The number of rotatable bonds is 2. The molecule has 0 aromatic heterocycles. The topological polar surface area (TPSA) is 26.0 Å². The van der Waals surface area contributed by atoms with Gasteiger partial charge in [0.25, 0.3) is 0 Å². The van der Waals surface area contributed by atoms with Gasteiger partial charge in [-0.1, -0.05) is 26.8 Å². The standard InChI is InChI=1S/C15H22FN/c1-14(2,3)8-9-15(17)7-6-11-10-12(16)4-5-13(11)15/h4-5,10H,6-9,17H2,1-3H3. The molecule has 1 aromatic rings. The zero-order valence-corrected chi connectivity index (χ0v) is 11.0. The van der Waals surface area contributed by atoms with Crippen molar-refractivity contribution in [3.8, 4) is 0 Å². The Labute approximate surface area is 103 Å². The minimum absolute atomic E-state index is 0.149. The molecule has 0 fully saturated rings. The van der Waals surface area contributed by atoms with Crippen molar-refractivity contribution in [3.05, 3.63) is 35.1 Å². The summed E-state index contributed by atoms with van der Waals surface area (Å²) in [7, 11) is 0. The van der Waals surface area contributed by atoms with Crippen LogP contribution in [-0.2, 0) is 12.0 Å². The number of nitrogens with two attached hydrogens (primary N) is 1. The summed E-state index contributed by atoms with van der Waals surface area (Å²) in [6.07, 6.45) is 3.94. The maximum Gasteiger partial charge on any atom is 0.123 e. The van der Waals surface area contributed by atoms with Gasteiger partial charge in [0, 0.05) is 5.54 Å². The Morgan fingerprint density at radius 3 is 2.71 bits per heavy atom. The van der Waals surface area contributed by atoms with Crippen LogP contribution in [0.1, 0.15) is 51.2 Å². The molecule has 1 unspecified atom stereocenters. The van der Waals surface area contributed by atoms with Crippen molar-refractivity contribution < 1.29 is 4.39 Å². The highest BCUT2D eigenvalue weighted by Crippen LogP contribution is 2.40. The lowest BCUT2D eigenvalue weighted by molar-refractivity contribution is 0.292. The SMILES string of the molecule is CC(C)(C)CCC1(N)CCc2cc(F)ccc21. The van der Waals surface area contributed by atoms with Gasteiger partial charge < -0.3 is 5.73 Å². The van der Waals surface area contributed by atoms with Gasteiger partial charge in [0.2, 0.25) is 0 Å². The predicted molar refractivity (Wildman–Crippen MR) is 69.3 cm³/mol. The van der Waals surface area contributed by atoms with Gasteiger partial charge in [0.15, 0.2) is 0 Å². The third kappa shape index (κ3) is 2.68. The Morgan fingerprint density at radius 1 is 1.35 bits per heavy atom. The zero-order valence-electron chi connectivity index (χ0n) is 11.0. The minimum Gasteiger partial charge on any atom is -0.321 e. The molecule has 1 aromatic carbocycles. The fourth-order valence-electron chi connectivity index (χ4n) is 2.60. The van der Waals surface area contributed by atoms with Gasteiger partial charge in [-0.2, -0.15) is 0 Å². The second-order valence-electron chi connectivity index (χ2n) is 6.52. The maximum atomic E-state index is 13.1. The number of halogens is 1. The van der Waals surface area contributed by atoms with Crippen LogP contribution < -0.4 is 5.73 Å². The Hall–Kier alpha value is -0.890. The van der Waals surface area contributed by atoms with Crippen molar-refractivity contribution in [3.63, 3.8) is 0 Å². The molecule has 0 heterocycles. The lowest BCUT2D eigenvalue weighted by atomic mass is 9.81. The fraction of sp³-hybridized carbons (Fsp3) is 0.600. The normalized spacial score (nSPS) is 23.8. The molecule has 1 nitrogen and oxygen atoms in total. The summed E-state index contributed by atoms with van der Waals surface area (Å²) in [4.78, 5) is 0. The van der Waals surface area contributed by atoms with Crippen LogP contribution in [0.5, 0.6) is 0 Å². The Morgan fingerprint density at radius 2 is 2.06 bits per heavy atom. The lowest BCUT2D eigenvalue weighted by Gasteiger charge is -2.29. The van der Waals surface area contributed by atoms with Gasteiger partial charge in [-0.25, -0.2) is 4.39 Å². The van der Waals surface area contributed by atoms with E-state index in [0.717, 1.165) is 36.8 Å². The summed E-state index contributed by atoms with van der Waals surface area (Å²) >= 11 is 0. The molecule has 17 heavy (non-hydrogen) atoms. The van der Waals surface area contributed by atoms with Crippen LogP contribution in [0.2, 0.25) is 0 Å². The summed E-state index contributed by atoms with van der Waals surface area (Å²) in [5.74, 6) is -0.149. The van der Waals surface area contributed by atoms with Crippen molar-refractivity contribution in [2.75, 3.05) is 0 Å². The van der Waals surface area contributed by atoms with Gasteiger partial charge in [-0.15, -0.1) is 0 Å². The molecule has 2 N–H and O–H groups in total. The van der Waals surface area contributed by atoms with E-state index in [1.54, 1.807) is 6.07 Å². The third-order valence-corrected chi connectivity index (χ3v) is 3.77. The van der Waals surface area contributed by atoms with E-state index < -0.39 is 0 Å². The summed E-state index contributed by atoms with van der Waals surface area (Å²) < 4.78 is 13.1. The molecule has 2 rings (SSSR count). The molecule has 1 atom stereocenters. The van der Waals surface area contributed by atoms with E-state index >= 15 is 0 Å². The monoisotopic (exact) mass is 235 g/mol. The number of hydrogen-bond acceptors (Lipinski definition) is 1. The molecule has 1 aliphatic carbocycles. The second kappa shape index (κ2) is 4.09. The molecular formula is C15H22FN. The number of benzene rings is 1. The van der Waals surface area contributed by atoms with Gasteiger partial charge in [0.1, 0.15) is 5.82 Å². The first-order valence-corrected chi connectivity index (χ1v) is 6.38. The van der Waals surface area contributed by atoms with Crippen LogP contribution in [0.25, 0.3) is 0 Å². The van der Waals surface area contributed by atoms with Crippen LogP contribution in [0.15, 0.2) is 18.2 Å². The van der Waals surface area contributed by atoms with E-state index in [1.165, 1.54) is 6.07 Å². The fourth-order valence-corrected chi connectivity index (χ4v) is 2.60. The first kappa shape index (κ1) is 12.6. The van der Waals surface area contributed by atoms with Gasteiger partial charge in [-0.3, -0.25) is 0 Å². The smallest absolute Gasteiger partial charge is 0.123 e. The van der Waals surface area contributed by atoms with Crippen molar-refractivity contribution in [2.24, 2.45) is 11.1 Å². The largest absolute Gasteiger partial charge is 0.321 e. The molecule has 94 valence electrons. The molecule has 0 spiro atoms. The van der Waals surface area contributed by atoms with Crippen LogP contribution in [0.4, 0.5) is 4.39 Å². The average molecular weight is 235 g/mol. The molecule has 0 saturated heterocycles. The second-order valence-corrected chi connectivity index (χ2v) is 6.52. The highest BCUT2D eigenvalue weighted by Gasteiger charge is 2.35. The molecule has 0 saturated carbocycles. The zero-order chi connectivity index (χ0) is 12.7. The van der Waals surface area contributed by atoms with Crippen LogP contribution >= 0.6 is 0 Å².